The van der Waals surface area contributed by atoms with E-state index in [9.17, 15) is 5.11 Å². The average Bonchev–Trinajstić information content (AvgIpc) is 2.24. The van der Waals surface area contributed by atoms with Crippen molar-refractivity contribution >= 4 is 21.6 Å². The number of hydrogen-bond donors (Lipinski definition) is 2. The van der Waals surface area contributed by atoms with Gasteiger partial charge < -0.3 is 15.7 Å². The molecule has 0 saturated carbocycles. The molecule has 4 heteroatoms. The summed E-state index contributed by atoms with van der Waals surface area (Å²) in [4.78, 5) is 2.15. The van der Waals surface area contributed by atoms with Crippen molar-refractivity contribution in [1.29, 1.82) is 0 Å². The third-order valence-corrected chi connectivity index (χ3v) is 3.06. The zero-order valence-electron chi connectivity index (χ0n) is 10.7. The van der Waals surface area contributed by atoms with Gasteiger partial charge in [0.1, 0.15) is 0 Å². The Morgan fingerprint density at radius 3 is 2.53 bits per heavy atom. The highest BCUT2D eigenvalue weighted by molar-refractivity contribution is 9.10. The quantitative estimate of drug-likeness (QED) is 0.878. The molecule has 3 N–H and O–H groups in total. The molecule has 0 aliphatic rings. The minimum absolute atomic E-state index is 0.505. The van der Waals surface area contributed by atoms with Gasteiger partial charge in [-0.15, -0.1) is 0 Å². The number of nitrogens with two attached hydrogens (primary N) is 1. The fraction of sp³-hybridized carbons (Fsp3) is 0.538. The van der Waals surface area contributed by atoms with Crippen LogP contribution in [0.5, 0.6) is 0 Å². The van der Waals surface area contributed by atoms with E-state index in [1.807, 2.05) is 26.0 Å². The highest BCUT2D eigenvalue weighted by Crippen LogP contribution is 2.26. The molecule has 0 aliphatic carbocycles. The fourth-order valence-corrected chi connectivity index (χ4v) is 2.19. The molecule has 0 atom stereocenters. The first-order chi connectivity index (χ1) is 7.87. The molecule has 0 spiro atoms. The first-order valence-electron chi connectivity index (χ1n) is 5.83. The van der Waals surface area contributed by atoms with Gasteiger partial charge in [-0.1, -0.05) is 22.0 Å². The lowest BCUT2D eigenvalue weighted by Crippen LogP contribution is -2.39. The third kappa shape index (κ3) is 4.30. The fourth-order valence-electron chi connectivity index (χ4n) is 1.84. The maximum absolute atomic E-state index is 9.93. The van der Waals surface area contributed by atoms with E-state index < -0.39 is 5.60 Å². The van der Waals surface area contributed by atoms with E-state index in [4.69, 9.17) is 5.73 Å². The molecule has 0 aromatic heterocycles. The van der Waals surface area contributed by atoms with Gasteiger partial charge in [0.25, 0.3) is 0 Å². The molecule has 1 aromatic rings. The zero-order chi connectivity index (χ0) is 13.1. The number of aliphatic hydroxyl groups is 1. The minimum atomic E-state index is -0.718. The van der Waals surface area contributed by atoms with E-state index in [2.05, 4.69) is 33.8 Å². The van der Waals surface area contributed by atoms with Gasteiger partial charge in [-0.05, 0) is 38.5 Å². The molecule has 0 unspecified atom stereocenters. The van der Waals surface area contributed by atoms with Crippen LogP contribution in [-0.4, -0.2) is 23.8 Å². The molecule has 96 valence electrons. The summed E-state index contributed by atoms with van der Waals surface area (Å²) in [6.45, 7) is 7.64. The molecule has 0 saturated heterocycles. The van der Waals surface area contributed by atoms with Crippen LogP contribution in [0.15, 0.2) is 22.7 Å². The van der Waals surface area contributed by atoms with Gasteiger partial charge in [-0.25, -0.2) is 0 Å². The van der Waals surface area contributed by atoms with Gasteiger partial charge in [0.15, 0.2) is 0 Å². The van der Waals surface area contributed by atoms with Gasteiger partial charge in [0.05, 0.1) is 5.60 Å². The zero-order valence-corrected chi connectivity index (χ0v) is 12.3. The number of likely N-dealkylation sites (N-methyl/N-ethyl adjacent to an activating group) is 1. The van der Waals surface area contributed by atoms with E-state index in [1.165, 1.54) is 0 Å². The summed E-state index contributed by atoms with van der Waals surface area (Å²) in [5.74, 6) is 0. The highest BCUT2D eigenvalue weighted by atomic mass is 79.9. The Balaban J connectivity index is 3.06. The van der Waals surface area contributed by atoms with Gasteiger partial charge in [0, 0.05) is 29.8 Å². The summed E-state index contributed by atoms with van der Waals surface area (Å²) in [6, 6.07) is 6.06. The summed E-state index contributed by atoms with van der Waals surface area (Å²) < 4.78 is 1.03. The van der Waals surface area contributed by atoms with Crippen LogP contribution in [0.1, 0.15) is 26.3 Å². The summed E-state index contributed by atoms with van der Waals surface area (Å²) in [5.41, 5.74) is 7.22. The smallest absolute Gasteiger partial charge is 0.0765 e. The molecular weight excluding hydrogens is 280 g/mol. The third-order valence-electron chi connectivity index (χ3n) is 2.57. The van der Waals surface area contributed by atoms with E-state index in [1.54, 1.807) is 0 Å². The van der Waals surface area contributed by atoms with Gasteiger partial charge >= 0.3 is 0 Å². The molecule has 17 heavy (non-hydrogen) atoms. The molecule has 0 bridgehead atoms. The van der Waals surface area contributed by atoms with E-state index >= 15 is 0 Å². The van der Waals surface area contributed by atoms with Gasteiger partial charge in [-0.3, -0.25) is 0 Å². The molecule has 0 aliphatic heterocycles. The SMILES string of the molecule is CCN(CC(C)(C)O)c1cc(Br)ccc1CN. The Morgan fingerprint density at radius 1 is 1.41 bits per heavy atom. The van der Waals surface area contributed by atoms with Crippen LogP contribution in [0, 0.1) is 0 Å². The van der Waals surface area contributed by atoms with Crippen molar-refractivity contribution in [3.8, 4) is 0 Å². The van der Waals surface area contributed by atoms with Crippen LogP contribution in [-0.2, 0) is 6.54 Å². The van der Waals surface area contributed by atoms with Crippen molar-refractivity contribution < 1.29 is 5.11 Å². The van der Waals surface area contributed by atoms with Crippen LogP contribution in [0.2, 0.25) is 0 Å². The second-order valence-corrected chi connectivity index (χ2v) is 5.72. The lowest BCUT2D eigenvalue weighted by Gasteiger charge is -2.31. The normalized spacial score (nSPS) is 11.6. The van der Waals surface area contributed by atoms with Crippen LogP contribution in [0.25, 0.3) is 0 Å². The highest BCUT2D eigenvalue weighted by Gasteiger charge is 2.19. The van der Waals surface area contributed by atoms with Crippen molar-refractivity contribution in [2.45, 2.75) is 32.9 Å². The maximum Gasteiger partial charge on any atom is 0.0765 e. The van der Waals surface area contributed by atoms with Crippen molar-refractivity contribution in [2.24, 2.45) is 5.73 Å². The van der Waals surface area contributed by atoms with E-state index in [0.717, 1.165) is 22.3 Å². The summed E-state index contributed by atoms with van der Waals surface area (Å²) in [5, 5.41) is 9.93. The summed E-state index contributed by atoms with van der Waals surface area (Å²) in [7, 11) is 0. The minimum Gasteiger partial charge on any atom is -0.389 e. The molecule has 0 radical (unpaired) electrons. The Kier molecular flexibility index (Phi) is 4.98. The monoisotopic (exact) mass is 300 g/mol. The number of benzene rings is 1. The predicted molar refractivity (Wildman–Crippen MR) is 76.2 cm³/mol. The molecule has 0 heterocycles. The molecular formula is C13H21BrN2O. The van der Waals surface area contributed by atoms with Crippen LogP contribution >= 0.6 is 15.9 Å². The molecule has 0 amide bonds. The van der Waals surface area contributed by atoms with Crippen molar-refractivity contribution in [1.82, 2.24) is 0 Å². The lowest BCUT2D eigenvalue weighted by molar-refractivity contribution is 0.0875. The summed E-state index contributed by atoms with van der Waals surface area (Å²) in [6.07, 6.45) is 0. The van der Waals surface area contributed by atoms with E-state index in [0.29, 0.717) is 13.1 Å². The van der Waals surface area contributed by atoms with Crippen molar-refractivity contribution in [3.63, 3.8) is 0 Å². The standard InChI is InChI=1S/C13H21BrN2O/c1-4-16(9-13(2,3)17)12-7-11(14)6-5-10(12)8-15/h5-7,17H,4,8-9,15H2,1-3H3. The van der Waals surface area contributed by atoms with Gasteiger partial charge in [-0.2, -0.15) is 0 Å². The average molecular weight is 301 g/mol. The van der Waals surface area contributed by atoms with Crippen LogP contribution in [0.4, 0.5) is 5.69 Å². The Bertz CT molecular complexity index is 374. The number of rotatable bonds is 5. The Hall–Kier alpha value is -0.580. The Morgan fingerprint density at radius 2 is 2.06 bits per heavy atom. The lowest BCUT2D eigenvalue weighted by atomic mass is 10.1. The number of halogens is 1. The van der Waals surface area contributed by atoms with Crippen LogP contribution in [0.3, 0.4) is 0 Å². The van der Waals surface area contributed by atoms with Crippen molar-refractivity contribution in [2.75, 3.05) is 18.0 Å². The van der Waals surface area contributed by atoms with E-state index in [-0.39, 0.29) is 0 Å². The second-order valence-electron chi connectivity index (χ2n) is 4.80. The van der Waals surface area contributed by atoms with Crippen LogP contribution < -0.4 is 10.6 Å². The maximum atomic E-state index is 9.93. The Labute approximate surface area is 112 Å². The summed E-state index contributed by atoms with van der Waals surface area (Å²) >= 11 is 3.47. The molecule has 1 rings (SSSR count). The van der Waals surface area contributed by atoms with Crippen molar-refractivity contribution in [3.05, 3.63) is 28.2 Å². The first-order valence-corrected chi connectivity index (χ1v) is 6.62. The first kappa shape index (κ1) is 14.5. The molecule has 3 nitrogen and oxygen atoms in total. The predicted octanol–water partition coefficient (Wildman–Crippen LogP) is 2.50. The topological polar surface area (TPSA) is 49.5 Å². The molecule has 1 aromatic carbocycles. The number of anilines is 1. The second kappa shape index (κ2) is 5.85. The van der Waals surface area contributed by atoms with Gasteiger partial charge in [0.2, 0.25) is 0 Å². The largest absolute Gasteiger partial charge is 0.389 e. The number of nitrogens with zero attached hydrogens (tertiary/aromatic N) is 1. The molecule has 0 fully saturated rings. The number of hydrogen-bond acceptors (Lipinski definition) is 3.